The van der Waals surface area contributed by atoms with Gasteiger partial charge in [-0.1, -0.05) is 0 Å². The summed E-state index contributed by atoms with van der Waals surface area (Å²) >= 11 is 3.27. The number of hydrogen-bond donors (Lipinski definition) is 0. The number of ether oxygens (including phenoxy) is 1. The number of nitrogens with zero attached hydrogens (tertiary/aromatic N) is 1. The van der Waals surface area contributed by atoms with Crippen LogP contribution in [0.2, 0.25) is 0 Å². The van der Waals surface area contributed by atoms with Crippen molar-refractivity contribution in [2.75, 3.05) is 6.61 Å². The molecule has 70 valence electrons. The second-order valence-electron chi connectivity index (χ2n) is 2.64. The van der Waals surface area contributed by atoms with E-state index in [2.05, 4.69) is 20.9 Å². The monoisotopic (exact) mass is 243 g/mol. The molecule has 0 saturated heterocycles. The predicted molar refractivity (Wildman–Crippen MR) is 52.7 cm³/mol. The van der Waals surface area contributed by atoms with Gasteiger partial charge in [0.1, 0.15) is 11.5 Å². The first-order valence-corrected chi connectivity index (χ1v) is 4.70. The van der Waals surface area contributed by atoms with Gasteiger partial charge >= 0.3 is 0 Å². The molecule has 0 spiro atoms. The van der Waals surface area contributed by atoms with E-state index in [1.54, 1.807) is 19.3 Å². The Balaban J connectivity index is 2.41. The maximum absolute atomic E-state index is 10.6. The zero-order valence-corrected chi connectivity index (χ0v) is 8.87. The van der Waals surface area contributed by atoms with Crippen LogP contribution in [0, 0.1) is 0 Å². The average Bonchev–Trinajstić information content (AvgIpc) is 2.03. The summed E-state index contributed by atoms with van der Waals surface area (Å²) in [6, 6.07) is 1.81. The molecule has 0 amide bonds. The van der Waals surface area contributed by atoms with Gasteiger partial charge in [0.05, 0.1) is 12.8 Å². The first-order chi connectivity index (χ1) is 6.18. The lowest BCUT2D eigenvalue weighted by Gasteiger charge is -2.03. The molecule has 4 heteroatoms. The molecule has 1 aromatic rings. The summed E-state index contributed by atoms with van der Waals surface area (Å²) in [5.74, 6) is 0.804. The molecule has 0 fully saturated rings. The third-order valence-electron chi connectivity index (χ3n) is 1.40. The van der Waals surface area contributed by atoms with E-state index in [1.165, 1.54) is 0 Å². The quantitative estimate of drug-likeness (QED) is 0.814. The highest BCUT2D eigenvalue weighted by Crippen LogP contribution is 2.15. The lowest BCUT2D eigenvalue weighted by atomic mass is 10.3. The fourth-order valence-corrected chi connectivity index (χ4v) is 1.13. The van der Waals surface area contributed by atoms with Gasteiger partial charge in [0.25, 0.3) is 0 Å². The van der Waals surface area contributed by atoms with Crippen molar-refractivity contribution in [1.82, 2.24) is 4.98 Å². The van der Waals surface area contributed by atoms with Crippen molar-refractivity contribution in [1.29, 1.82) is 0 Å². The standard InChI is InChI=1S/C9H10BrNO2/c1-7(12)2-3-13-9-4-8(10)5-11-6-9/h4-6H,2-3H2,1H3. The van der Waals surface area contributed by atoms with Gasteiger partial charge in [-0.2, -0.15) is 0 Å². The molecule has 0 aromatic carbocycles. The Bertz CT molecular complexity index is 301. The summed E-state index contributed by atoms with van der Waals surface area (Å²) < 4.78 is 6.15. The molecule has 0 aliphatic carbocycles. The number of carbonyl (C=O) groups excluding carboxylic acids is 1. The lowest BCUT2D eigenvalue weighted by molar-refractivity contribution is -0.117. The fourth-order valence-electron chi connectivity index (χ4n) is 0.784. The number of ketones is 1. The summed E-state index contributed by atoms with van der Waals surface area (Å²) in [4.78, 5) is 14.5. The molecule has 0 N–H and O–H groups in total. The van der Waals surface area contributed by atoms with Crippen molar-refractivity contribution in [2.24, 2.45) is 0 Å². The maximum atomic E-state index is 10.6. The zero-order valence-electron chi connectivity index (χ0n) is 7.29. The van der Waals surface area contributed by atoms with Crippen molar-refractivity contribution >= 4 is 21.7 Å². The SMILES string of the molecule is CC(=O)CCOc1cncc(Br)c1. The van der Waals surface area contributed by atoms with Crippen LogP contribution < -0.4 is 4.74 Å². The molecule has 0 saturated carbocycles. The smallest absolute Gasteiger partial charge is 0.138 e. The first kappa shape index (κ1) is 10.2. The van der Waals surface area contributed by atoms with Crippen molar-refractivity contribution in [3.05, 3.63) is 22.9 Å². The van der Waals surface area contributed by atoms with Gasteiger partial charge in [-0.05, 0) is 28.9 Å². The Kier molecular flexibility index (Phi) is 3.89. The topological polar surface area (TPSA) is 39.2 Å². The summed E-state index contributed by atoms with van der Waals surface area (Å²) in [6.07, 6.45) is 3.73. The Morgan fingerprint density at radius 1 is 1.62 bits per heavy atom. The van der Waals surface area contributed by atoms with Gasteiger partial charge in [-0.3, -0.25) is 9.78 Å². The van der Waals surface area contributed by atoms with Crippen LogP contribution in [0.5, 0.6) is 5.75 Å². The van der Waals surface area contributed by atoms with E-state index in [9.17, 15) is 4.79 Å². The van der Waals surface area contributed by atoms with Crippen LogP contribution in [0.3, 0.4) is 0 Å². The van der Waals surface area contributed by atoms with Crippen LogP contribution in [0.25, 0.3) is 0 Å². The number of hydrogen-bond acceptors (Lipinski definition) is 3. The molecular formula is C9H10BrNO2. The number of halogens is 1. The minimum Gasteiger partial charge on any atom is -0.491 e. The molecule has 3 nitrogen and oxygen atoms in total. The van der Waals surface area contributed by atoms with Gasteiger partial charge in [0, 0.05) is 17.1 Å². The van der Waals surface area contributed by atoms with Crippen LogP contribution in [-0.2, 0) is 4.79 Å². The maximum Gasteiger partial charge on any atom is 0.138 e. The minimum absolute atomic E-state index is 0.128. The van der Waals surface area contributed by atoms with E-state index in [0.29, 0.717) is 18.8 Å². The highest BCUT2D eigenvalue weighted by atomic mass is 79.9. The van der Waals surface area contributed by atoms with E-state index < -0.39 is 0 Å². The summed E-state index contributed by atoms with van der Waals surface area (Å²) in [6.45, 7) is 1.95. The number of carbonyl (C=O) groups is 1. The van der Waals surface area contributed by atoms with Crippen LogP contribution in [0.15, 0.2) is 22.9 Å². The summed E-state index contributed by atoms with van der Waals surface area (Å²) in [5, 5.41) is 0. The Labute approximate surface area is 85.3 Å². The largest absolute Gasteiger partial charge is 0.491 e. The van der Waals surface area contributed by atoms with E-state index >= 15 is 0 Å². The minimum atomic E-state index is 0.128. The third-order valence-corrected chi connectivity index (χ3v) is 1.84. The molecule has 0 aliphatic rings. The number of aromatic nitrogens is 1. The van der Waals surface area contributed by atoms with Gasteiger partial charge < -0.3 is 4.74 Å². The molecule has 0 radical (unpaired) electrons. The second kappa shape index (κ2) is 4.97. The molecule has 1 aromatic heterocycles. The number of pyridine rings is 1. The summed E-state index contributed by atoms with van der Waals surface area (Å²) in [5.41, 5.74) is 0. The van der Waals surface area contributed by atoms with Gasteiger partial charge in [0.15, 0.2) is 0 Å². The summed E-state index contributed by atoms with van der Waals surface area (Å²) in [7, 11) is 0. The molecule has 13 heavy (non-hydrogen) atoms. The zero-order chi connectivity index (χ0) is 9.68. The Morgan fingerprint density at radius 2 is 2.38 bits per heavy atom. The van der Waals surface area contributed by atoms with Crippen molar-refractivity contribution in [2.45, 2.75) is 13.3 Å². The normalized spacial score (nSPS) is 9.69. The lowest BCUT2D eigenvalue weighted by Crippen LogP contribution is -2.02. The highest BCUT2D eigenvalue weighted by molar-refractivity contribution is 9.10. The Morgan fingerprint density at radius 3 is 3.00 bits per heavy atom. The number of rotatable bonds is 4. The molecule has 0 unspecified atom stereocenters. The van der Waals surface area contributed by atoms with Crippen molar-refractivity contribution in [3.8, 4) is 5.75 Å². The fraction of sp³-hybridized carbons (Fsp3) is 0.333. The van der Waals surface area contributed by atoms with E-state index in [0.717, 1.165) is 4.47 Å². The predicted octanol–water partition coefficient (Wildman–Crippen LogP) is 2.20. The van der Waals surface area contributed by atoms with Crippen LogP contribution in [-0.4, -0.2) is 17.4 Å². The van der Waals surface area contributed by atoms with Crippen LogP contribution in [0.1, 0.15) is 13.3 Å². The molecule has 0 aliphatic heterocycles. The first-order valence-electron chi connectivity index (χ1n) is 3.91. The van der Waals surface area contributed by atoms with E-state index in [4.69, 9.17) is 4.74 Å². The van der Waals surface area contributed by atoms with Crippen LogP contribution >= 0.6 is 15.9 Å². The highest BCUT2D eigenvalue weighted by Gasteiger charge is 1.97. The average molecular weight is 244 g/mol. The molecule has 0 bridgehead atoms. The van der Waals surface area contributed by atoms with Crippen LogP contribution in [0.4, 0.5) is 0 Å². The van der Waals surface area contributed by atoms with Gasteiger partial charge in [0.2, 0.25) is 0 Å². The molecule has 1 heterocycles. The second-order valence-corrected chi connectivity index (χ2v) is 3.56. The molecule has 0 atom stereocenters. The van der Waals surface area contributed by atoms with Crippen molar-refractivity contribution in [3.63, 3.8) is 0 Å². The number of Topliss-reactive ketones (excluding diaryl/α,β-unsaturated/α-hetero) is 1. The molecular weight excluding hydrogens is 234 g/mol. The van der Waals surface area contributed by atoms with Gasteiger partial charge in [-0.25, -0.2) is 0 Å². The van der Waals surface area contributed by atoms with Crippen molar-refractivity contribution < 1.29 is 9.53 Å². The Hall–Kier alpha value is -0.900. The van der Waals surface area contributed by atoms with E-state index in [-0.39, 0.29) is 5.78 Å². The van der Waals surface area contributed by atoms with E-state index in [1.807, 2.05) is 6.07 Å². The molecule has 1 rings (SSSR count). The third kappa shape index (κ3) is 4.03. The van der Waals surface area contributed by atoms with Gasteiger partial charge in [-0.15, -0.1) is 0 Å².